The van der Waals surface area contributed by atoms with Crippen LogP contribution in [0.3, 0.4) is 0 Å². The van der Waals surface area contributed by atoms with E-state index >= 15 is 0 Å². The molecule has 3 aliphatic heterocycles. The molecule has 214 valence electrons. The molecule has 13 nitrogen and oxygen atoms in total. The molecule has 1 N–H and O–H groups in total. The van der Waals surface area contributed by atoms with Gasteiger partial charge in [0.05, 0.1) is 26.0 Å². The van der Waals surface area contributed by atoms with Crippen molar-refractivity contribution in [2.75, 3.05) is 56.5 Å². The fourth-order valence-corrected chi connectivity index (χ4v) is 4.96. The van der Waals surface area contributed by atoms with Gasteiger partial charge >= 0.3 is 12.2 Å². The fraction of sp³-hybridized carbons (Fsp3) is 0.500. The number of carbonyl (C=O) groups excluding carboxylic acids is 3. The summed E-state index contributed by atoms with van der Waals surface area (Å²) >= 11 is 0. The Bertz CT molecular complexity index is 1310. The van der Waals surface area contributed by atoms with E-state index in [2.05, 4.69) is 20.4 Å². The lowest BCUT2D eigenvalue weighted by Crippen LogP contribution is -2.64. The highest BCUT2D eigenvalue weighted by atomic mass is 19.4. The maximum atomic E-state index is 13.3. The molecule has 5 rings (SSSR count). The quantitative estimate of drug-likeness (QED) is 0.527. The van der Waals surface area contributed by atoms with Crippen molar-refractivity contribution in [2.24, 2.45) is 4.99 Å². The molecule has 2 aromatic heterocycles. The van der Waals surface area contributed by atoms with E-state index in [1.54, 1.807) is 31.2 Å². The van der Waals surface area contributed by atoms with Gasteiger partial charge in [0.2, 0.25) is 5.91 Å². The maximum Gasteiger partial charge on any atom is 0.401 e. The Morgan fingerprint density at radius 2 is 1.93 bits per heavy atom. The molecule has 0 aliphatic carbocycles. The maximum absolute atomic E-state index is 13.3. The molecule has 2 unspecified atom stereocenters. The van der Waals surface area contributed by atoms with Crippen molar-refractivity contribution in [2.45, 2.75) is 31.9 Å². The van der Waals surface area contributed by atoms with Crippen molar-refractivity contribution in [3.8, 4) is 0 Å². The van der Waals surface area contributed by atoms with Crippen molar-refractivity contribution < 1.29 is 32.1 Å². The van der Waals surface area contributed by atoms with Crippen LogP contribution in [0.25, 0.3) is 0 Å². The lowest BCUT2D eigenvalue weighted by molar-refractivity contribution is -0.146. The highest BCUT2D eigenvalue weighted by Crippen LogP contribution is 2.27. The van der Waals surface area contributed by atoms with Crippen molar-refractivity contribution in [3.05, 3.63) is 35.7 Å². The number of aryl methyl sites for hydroxylation is 1. The lowest BCUT2D eigenvalue weighted by atomic mass is 10.1. The fourth-order valence-electron chi connectivity index (χ4n) is 4.96. The normalized spacial score (nSPS) is 21.8. The predicted octanol–water partition coefficient (Wildman–Crippen LogP) is 1.13. The number of halogens is 3. The summed E-state index contributed by atoms with van der Waals surface area (Å²) in [7, 11) is 1.53. The van der Waals surface area contributed by atoms with Crippen LogP contribution in [0.1, 0.15) is 11.5 Å². The summed E-state index contributed by atoms with van der Waals surface area (Å²) in [4.78, 5) is 54.9. The number of hydrogen-bond acceptors (Lipinski definition) is 10. The number of urea groups is 1. The first kappa shape index (κ1) is 27.4. The number of hydrogen-bond donors (Lipinski definition) is 1. The number of carbonyl (C=O) groups is 3. The third-order valence-corrected chi connectivity index (χ3v) is 6.88. The van der Waals surface area contributed by atoms with Gasteiger partial charge < -0.3 is 24.5 Å². The monoisotopic (exact) mass is 563 g/mol. The Morgan fingerprint density at radius 1 is 1.18 bits per heavy atom. The first-order chi connectivity index (χ1) is 19.0. The molecule has 0 spiro atoms. The topological polar surface area (TPSA) is 131 Å². The van der Waals surface area contributed by atoms with E-state index in [0.717, 1.165) is 4.90 Å². The average Bonchev–Trinajstić information content (AvgIpc) is 3.51. The Morgan fingerprint density at radius 3 is 2.60 bits per heavy atom. The van der Waals surface area contributed by atoms with E-state index in [1.807, 2.05) is 4.90 Å². The van der Waals surface area contributed by atoms with Crippen LogP contribution >= 0.6 is 0 Å². The number of alkyl halides is 3. The van der Waals surface area contributed by atoms with Gasteiger partial charge in [0.15, 0.2) is 12.2 Å². The minimum atomic E-state index is -4.24. The minimum absolute atomic E-state index is 0.0796. The molecule has 0 bridgehead atoms. The van der Waals surface area contributed by atoms with Crippen LogP contribution in [-0.4, -0.2) is 119 Å². The number of rotatable bonds is 7. The first-order valence-electron chi connectivity index (χ1n) is 12.6. The van der Waals surface area contributed by atoms with E-state index in [-0.39, 0.29) is 32.0 Å². The van der Waals surface area contributed by atoms with E-state index in [9.17, 15) is 27.6 Å². The molecule has 40 heavy (non-hydrogen) atoms. The summed E-state index contributed by atoms with van der Waals surface area (Å²) < 4.78 is 43.1. The predicted molar refractivity (Wildman–Crippen MR) is 135 cm³/mol. The van der Waals surface area contributed by atoms with Gasteiger partial charge in [0.1, 0.15) is 23.1 Å². The van der Waals surface area contributed by atoms with E-state index < -0.39 is 42.8 Å². The number of likely N-dealkylation sites (N-methyl/N-ethyl adjacent to an activating group) is 1. The van der Waals surface area contributed by atoms with Crippen LogP contribution in [0.4, 0.5) is 29.6 Å². The number of fused-ring (bicyclic) bond motifs is 1. The molecule has 2 aromatic rings. The van der Waals surface area contributed by atoms with Gasteiger partial charge in [-0.05, 0) is 19.1 Å². The number of imide groups is 1. The molecule has 0 saturated carbocycles. The number of anilines is 2. The Balaban J connectivity index is 1.20. The van der Waals surface area contributed by atoms with Crippen LogP contribution in [0.2, 0.25) is 0 Å². The van der Waals surface area contributed by atoms with Crippen LogP contribution in [-0.2, 0) is 16.1 Å². The molecule has 0 aromatic carbocycles. The molecule has 2 atom stereocenters. The highest BCUT2D eigenvalue weighted by Gasteiger charge is 2.50. The van der Waals surface area contributed by atoms with Gasteiger partial charge in [-0.2, -0.15) is 13.2 Å². The summed E-state index contributed by atoms with van der Waals surface area (Å²) in [5.74, 6) is 0.371. The molecule has 3 aliphatic rings. The van der Waals surface area contributed by atoms with Gasteiger partial charge in [-0.25, -0.2) is 14.8 Å². The van der Waals surface area contributed by atoms with Crippen molar-refractivity contribution in [1.29, 1.82) is 0 Å². The molecule has 0 radical (unpaired) electrons. The number of amides is 4. The molecule has 2 fully saturated rings. The van der Waals surface area contributed by atoms with Gasteiger partial charge in [-0.15, -0.1) is 0 Å². The zero-order valence-electron chi connectivity index (χ0n) is 21.8. The van der Waals surface area contributed by atoms with Crippen LogP contribution in [0.5, 0.6) is 0 Å². The second-order valence-corrected chi connectivity index (χ2v) is 9.85. The van der Waals surface area contributed by atoms with Gasteiger partial charge in [0, 0.05) is 39.3 Å². The van der Waals surface area contributed by atoms with Gasteiger partial charge in [-0.3, -0.25) is 19.4 Å². The summed E-state index contributed by atoms with van der Waals surface area (Å²) in [5.41, 5.74) is 0.419. The average molecular weight is 564 g/mol. The Kier molecular flexibility index (Phi) is 7.35. The van der Waals surface area contributed by atoms with E-state index in [4.69, 9.17) is 4.52 Å². The Hall–Kier alpha value is -4.21. The van der Waals surface area contributed by atoms with Crippen molar-refractivity contribution in [3.63, 3.8) is 0 Å². The molecule has 5 heterocycles. The van der Waals surface area contributed by atoms with Crippen molar-refractivity contribution >= 4 is 35.8 Å². The number of piperazine rings is 1. The third-order valence-electron chi connectivity index (χ3n) is 6.88. The molecule has 2 saturated heterocycles. The molecular weight excluding hydrogens is 535 g/mol. The zero-order chi connectivity index (χ0) is 28.6. The summed E-state index contributed by atoms with van der Waals surface area (Å²) in [5, 5.41) is 6.56. The largest absolute Gasteiger partial charge is 0.401 e. The zero-order valence-corrected chi connectivity index (χ0v) is 21.8. The number of nitrogens with zero attached hydrogens (tertiary/aromatic N) is 8. The first-order valence-corrected chi connectivity index (χ1v) is 12.6. The molecular formula is C24H28F3N9O4. The van der Waals surface area contributed by atoms with Gasteiger partial charge in [0.25, 0.3) is 5.91 Å². The smallest absolute Gasteiger partial charge is 0.361 e. The molecule has 16 heteroatoms. The summed E-state index contributed by atoms with van der Waals surface area (Å²) in [6.45, 7) is 1.67. The number of aliphatic imine (C=N–C) groups is 1. The van der Waals surface area contributed by atoms with Gasteiger partial charge in [-0.1, -0.05) is 11.2 Å². The SMILES string of the molecule is Cc1cc(CN2C(=O)C3C(N=CN3CC(=O)Nc3cccc(N4CCN(CC(F)(F)F)CC4)n3)N(C)C2=O)no1. The Labute approximate surface area is 227 Å². The number of nitrogens with one attached hydrogen (secondary N) is 1. The third kappa shape index (κ3) is 5.85. The van der Waals surface area contributed by atoms with Crippen molar-refractivity contribution in [1.82, 2.24) is 29.7 Å². The number of aromatic nitrogens is 2. The second kappa shape index (κ2) is 10.7. The number of pyridine rings is 1. The van der Waals surface area contributed by atoms with Crippen LogP contribution in [0, 0.1) is 6.92 Å². The van der Waals surface area contributed by atoms with E-state index in [0.29, 0.717) is 30.4 Å². The molecule has 4 amide bonds. The standard InChI is InChI=1S/C24H28F3N9O4/c1-15-10-16(31-40-15)11-36-22(38)20-21(32(2)23(36)39)28-14-35(20)12-19(37)30-17-4-3-5-18(29-17)34-8-6-33(7-9-34)13-24(25,26)27/h3-5,10,14,20-21H,6-9,11-13H2,1-2H3,(H,29,30,37). The second-order valence-electron chi connectivity index (χ2n) is 9.85. The highest BCUT2D eigenvalue weighted by molar-refractivity contribution is 6.03. The minimum Gasteiger partial charge on any atom is -0.361 e. The summed E-state index contributed by atoms with van der Waals surface area (Å²) in [6, 6.07) is 5.23. The lowest BCUT2D eigenvalue weighted by Gasteiger charge is -2.40. The summed E-state index contributed by atoms with van der Waals surface area (Å²) in [6.07, 6.45) is -3.64. The van der Waals surface area contributed by atoms with Crippen LogP contribution in [0.15, 0.2) is 33.8 Å². The van der Waals surface area contributed by atoms with E-state index in [1.165, 1.54) is 28.1 Å². The van der Waals surface area contributed by atoms with Crippen LogP contribution < -0.4 is 10.2 Å².